The molecule has 0 amide bonds. The average molecular weight is 333 g/mol. The van der Waals surface area contributed by atoms with Crippen LogP contribution >= 0.6 is 15.9 Å². The minimum Gasteiger partial charge on any atom is -0.383 e. The molecule has 0 aliphatic rings. The zero-order chi connectivity index (χ0) is 13.8. The second-order valence-corrected chi connectivity index (χ2v) is 5.26. The smallest absolute Gasteiger partial charge is 0.137 e. The Kier molecular flexibility index (Phi) is 3.87. The van der Waals surface area contributed by atoms with Gasteiger partial charge in [-0.1, -0.05) is 0 Å². The number of aromatic amines is 1. The third-order valence-corrected chi connectivity index (χ3v) is 3.35. The normalized spacial score (nSPS) is 10.8. The van der Waals surface area contributed by atoms with Crippen LogP contribution in [-0.4, -0.2) is 31.7 Å². The Hall–Kier alpha value is -2.02. The highest BCUT2D eigenvalue weighted by atomic mass is 79.9. The van der Waals surface area contributed by atoms with E-state index in [1.165, 1.54) is 6.33 Å². The van der Waals surface area contributed by atoms with Crippen LogP contribution in [0.3, 0.4) is 0 Å². The van der Waals surface area contributed by atoms with E-state index in [0.717, 1.165) is 46.4 Å². The summed E-state index contributed by atoms with van der Waals surface area (Å²) in [5, 5.41) is 10.1. The second-order valence-electron chi connectivity index (χ2n) is 4.34. The minimum absolute atomic E-state index is 0.845. The zero-order valence-electron chi connectivity index (χ0n) is 10.7. The third kappa shape index (κ3) is 2.93. The van der Waals surface area contributed by atoms with Gasteiger partial charge in [-0.15, -0.1) is 0 Å². The standard InChI is InChI=1S/C13H13BrN6/c14-9-6-11-13(17-7-9)10(3-5-16-11)15-4-1-2-12-18-8-19-20-12/h3,5-8H,1-2,4H2,(H,15,16)(H,18,19,20). The monoisotopic (exact) mass is 332 g/mol. The number of fused-ring (bicyclic) bond motifs is 1. The Bertz CT molecular complexity index is 697. The van der Waals surface area contributed by atoms with Gasteiger partial charge in [-0.05, 0) is 34.5 Å². The molecule has 6 nitrogen and oxygen atoms in total. The first-order chi connectivity index (χ1) is 9.83. The number of H-pyrrole nitrogens is 1. The second kappa shape index (κ2) is 5.96. The third-order valence-electron chi connectivity index (χ3n) is 2.91. The van der Waals surface area contributed by atoms with Gasteiger partial charge in [0.15, 0.2) is 0 Å². The molecule has 0 fully saturated rings. The summed E-state index contributed by atoms with van der Waals surface area (Å²) in [6, 6.07) is 3.90. The van der Waals surface area contributed by atoms with Crippen molar-refractivity contribution in [3.8, 4) is 0 Å². The van der Waals surface area contributed by atoms with Crippen molar-refractivity contribution in [3.05, 3.63) is 41.2 Å². The van der Waals surface area contributed by atoms with Gasteiger partial charge >= 0.3 is 0 Å². The maximum absolute atomic E-state index is 4.41. The molecule has 3 rings (SSSR count). The highest BCUT2D eigenvalue weighted by Gasteiger charge is 2.03. The molecule has 20 heavy (non-hydrogen) atoms. The number of halogens is 1. The Morgan fingerprint density at radius 2 is 2.20 bits per heavy atom. The SMILES string of the molecule is Brc1cnc2c(NCCCc3ncn[nH]3)ccnc2c1. The van der Waals surface area contributed by atoms with Crippen molar-refractivity contribution in [1.29, 1.82) is 0 Å². The van der Waals surface area contributed by atoms with E-state index in [4.69, 9.17) is 0 Å². The van der Waals surface area contributed by atoms with Crippen LogP contribution in [0.15, 0.2) is 35.3 Å². The summed E-state index contributed by atoms with van der Waals surface area (Å²) in [6.07, 6.45) is 6.93. The van der Waals surface area contributed by atoms with Crippen LogP contribution in [0.4, 0.5) is 5.69 Å². The molecule has 0 aliphatic heterocycles. The lowest BCUT2D eigenvalue weighted by atomic mass is 10.2. The first kappa shape index (κ1) is 13.0. The summed E-state index contributed by atoms with van der Waals surface area (Å²) >= 11 is 3.40. The maximum atomic E-state index is 4.41. The first-order valence-electron chi connectivity index (χ1n) is 6.31. The van der Waals surface area contributed by atoms with Gasteiger partial charge in [-0.2, -0.15) is 5.10 Å². The number of aryl methyl sites for hydroxylation is 1. The summed E-state index contributed by atoms with van der Waals surface area (Å²) in [6.45, 7) is 0.845. The van der Waals surface area contributed by atoms with E-state index in [0.29, 0.717) is 0 Å². The van der Waals surface area contributed by atoms with Crippen molar-refractivity contribution in [2.45, 2.75) is 12.8 Å². The number of aromatic nitrogens is 5. The van der Waals surface area contributed by atoms with Crippen molar-refractivity contribution in [2.24, 2.45) is 0 Å². The predicted molar refractivity (Wildman–Crippen MR) is 80.4 cm³/mol. The number of rotatable bonds is 5. The number of nitrogens with zero attached hydrogens (tertiary/aromatic N) is 4. The van der Waals surface area contributed by atoms with Gasteiger partial charge < -0.3 is 5.32 Å². The summed E-state index contributed by atoms with van der Waals surface area (Å²) < 4.78 is 0.931. The number of nitrogens with one attached hydrogen (secondary N) is 2. The van der Waals surface area contributed by atoms with Gasteiger partial charge in [0.25, 0.3) is 0 Å². The Morgan fingerprint density at radius 1 is 1.25 bits per heavy atom. The molecule has 0 aliphatic carbocycles. The highest BCUT2D eigenvalue weighted by Crippen LogP contribution is 2.21. The lowest BCUT2D eigenvalue weighted by molar-refractivity contribution is 0.806. The molecular formula is C13H13BrN6. The minimum atomic E-state index is 0.845. The van der Waals surface area contributed by atoms with Crippen LogP contribution in [-0.2, 0) is 6.42 Å². The van der Waals surface area contributed by atoms with Gasteiger partial charge in [-0.3, -0.25) is 15.1 Å². The van der Waals surface area contributed by atoms with Gasteiger partial charge in [0.2, 0.25) is 0 Å². The highest BCUT2D eigenvalue weighted by molar-refractivity contribution is 9.10. The fourth-order valence-corrected chi connectivity index (χ4v) is 2.30. The van der Waals surface area contributed by atoms with Crippen LogP contribution in [0.2, 0.25) is 0 Å². The number of hydrogen-bond donors (Lipinski definition) is 2. The average Bonchev–Trinajstić information content (AvgIpc) is 2.96. The van der Waals surface area contributed by atoms with Gasteiger partial charge in [0.1, 0.15) is 17.7 Å². The zero-order valence-corrected chi connectivity index (χ0v) is 12.3. The largest absolute Gasteiger partial charge is 0.383 e. The molecule has 0 saturated heterocycles. The van der Waals surface area contributed by atoms with Crippen molar-refractivity contribution >= 4 is 32.7 Å². The summed E-state index contributed by atoms with van der Waals surface area (Å²) in [4.78, 5) is 12.8. The van der Waals surface area contributed by atoms with Gasteiger partial charge in [0, 0.05) is 29.8 Å². The van der Waals surface area contributed by atoms with Gasteiger partial charge in [-0.25, -0.2) is 4.98 Å². The molecular weight excluding hydrogens is 320 g/mol. The van der Waals surface area contributed by atoms with E-state index >= 15 is 0 Å². The van der Waals surface area contributed by atoms with Crippen LogP contribution in [0.25, 0.3) is 11.0 Å². The molecule has 2 N–H and O–H groups in total. The van der Waals surface area contributed by atoms with Crippen molar-refractivity contribution in [1.82, 2.24) is 25.1 Å². The topological polar surface area (TPSA) is 79.4 Å². The van der Waals surface area contributed by atoms with Crippen LogP contribution < -0.4 is 5.32 Å². The first-order valence-corrected chi connectivity index (χ1v) is 7.10. The van der Waals surface area contributed by atoms with E-state index in [-0.39, 0.29) is 0 Å². The molecule has 3 aromatic rings. The number of anilines is 1. The fourth-order valence-electron chi connectivity index (χ4n) is 1.98. The summed E-state index contributed by atoms with van der Waals surface area (Å²) in [5.41, 5.74) is 2.76. The molecule has 102 valence electrons. The van der Waals surface area contributed by atoms with Crippen molar-refractivity contribution in [3.63, 3.8) is 0 Å². The molecule has 0 bridgehead atoms. The molecule has 0 radical (unpaired) electrons. The Balaban J connectivity index is 1.65. The van der Waals surface area contributed by atoms with E-state index in [9.17, 15) is 0 Å². The quantitative estimate of drug-likeness (QED) is 0.702. The Labute approximate surface area is 124 Å². The van der Waals surface area contributed by atoms with Crippen LogP contribution in [0.1, 0.15) is 12.2 Å². The molecule has 0 saturated carbocycles. The number of pyridine rings is 2. The van der Waals surface area contributed by atoms with E-state index in [2.05, 4.69) is 46.4 Å². The van der Waals surface area contributed by atoms with Gasteiger partial charge in [0.05, 0.1) is 11.2 Å². The fraction of sp³-hybridized carbons (Fsp3) is 0.231. The molecule has 3 heterocycles. The lowest BCUT2D eigenvalue weighted by Gasteiger charge is -2.08. The molecule has 0 spiro atoms. The lowest BCUT2D eigenvalue weighted by Crippen LogP contribution is -2.05. The molecule has 0 atom stereocenters. The Morgan fingerprint density at radius 3 is 3.05 bits per heavy atom. The van der Waals surface area contributed by atoms with Crippen molar-refractivity contribution < 1.29 is 0 Å². The van der Waals surface area contributed by atoms with E-state index in [1.54, 1.807) is 12.4 Å². The molecule has 0 aromatic carbocycles. The summed E-state index contributed by atoms with van der Waals surface area (Å²) in [5.74, 6) is 0.911. The summed E-state index contributed by atoms with van der Waals surface area (Å²) in [7, 11) is 0. The number of hydrogen-bond acceptors (Lipinski definition) is 5. The van der Waals surface area contributed by atoms with Crippen LogP contribution in [0, 0.1) is 0 Å². The molecule has 3 aromatic heterocycles. The van der Waals surface area contributed by atoms with E-state index < -0.39 is 0 Å². The van der Waals surface area contributed by atoms with Crippen molar-refractivity contribution in [2.75, 3.05) is 11.9 Å². The van der Waals surface area contributed by atoms with E-state index in [1.807, 2.05) is 12.1 Å². The maximum Gasteiger partial charge on any atom is 0.137 e. The molecule has 0 unspecified atom stereocenters. The predicted octanol–water partition coefficient (Wildman–Crippen LogP) is 2.56. The van der Waals surface area contributed by atoms with Crippen LogP contribution in [0.5, 0.6) is 0 Å². The molecule has 7 heteroatoms.